The van der Waals surface area contributed by atoms with Crippen molar-refractivity contribution < 1.29 is 19.1 Å². The van der Waals surface area contributed by atoms with Gasteiger partial charge in [0.25, 0.3) is 0 Å². The van der Waals surface area contributed by atoms with Crippen LogP contribution in [0.2, 0.25) is 0 Å². The Morgan fingerprint density at radius 1 is 1.37 bits per heavy atom. The van der Waals surface area contributed by atoms with Gasteiger partial charge in [0.05, 0.1) is 0 Å². The largest absolute Gasteiger partial charge is 0.463 e. The summed E-state index contributed by atoms with van der Waals surface area (Å²) < 4.78 is 9.26. The second-order valence-corrected chi connectivity index (χ2v) is 3.45. The molecule has 0 fully saturated rings. The lowest BCUT2D eigenvalue weighted by atomic mass is 10.1. The van der Waals surface area contributed by atoms with Crippen molar-refractivity contribution in [2.75, 3.05) is 6.61 Å². The Morgan fingerprint density at radius 2 is 2.05 bits per heavy atom. The van der Waals surface area contributed by atoms with Crippen molar-refractivity contribution in [3.63, 3.8) is 0 Å². The molecule has 0 amide bonds. The molecule has 19 heavy (non-hydrogen) atoms. The predicted octanol–water partition coefficient (Wildman–Crippen LogP) is 0.744. The van der Waals surface area contributed by atoms with Gasteiger partial charge in [0.15, 0.2) is 17.8 Å². The van der Waals surface area contributed by atoms with Crippen LogP contribution in [0.5, 0.6) is 0 Å². The van der Waals surface area contributed by atoms with Gasteiger partial charge in [-0.15, -0.1) is 9.81 Å². The van der Waals surface area contributed by atoms with Crippen molar-refractivity contribution in [3.05, 3.63) is 26.1 Å². The van der Waals surface area contributed by atoms with Crippen LogP contribution >= 0.6 is 0 Å². The van der Waals surface area contributed by atoms with Gasteiger partial charge in [-0.3, -0.25) is 4.79 Å². The Kier molecular flexibility index (Phi) is 4.92. The summed E-state index contributed by atoms with van der Waals surface area (Å²) in [4.78, 5) is 53.7. The molecule has 0 aromatic heterocycles. The Bertz CT molecular complexity index is 459. The van der Waals surface area contributed by atoms with E-state index in [0.29, 0.717) is 0 Å². The summed E-state index contributed by atoms with van der Waals surface area (Å²) >= 11 is 0. The standard InChI is InChI=1S/C9H9N3O7/c1-2-5(13)18-3-4(10-15)8-6(11-16)7(12-17)9(14)19-8/h4,8H,2-3H2,1H3. The summed E-state index contributed by atoms with van der Waals surface area (Å²) in [7, 11) is 0. The van der Waals surface area contributed by atoms with E-state index in [1.807, 2.05) is 0 Å². The normalized spacial score (nSPS) is 19.6. The van der Waals surface area contributed by atoms with Gasteiger partial charge < -0.3 is 9.47 Å². The fourth-order valence-corrected chi connectivity index (χ4v) is 1.36. The van der Waals surface area contributed by atoms with Gasteiger partial charge in [-0.25, -0.2) is 4.79 Å². The monoisotopic (exact) mass is 271 g/mol. The average molecular weight is 271 g/mol. The number of ether oxygens (including phenoxy) is 2. The van der Waals surface area contributed by atoms with E-state index < -0.39 is 42.1 Å². The number of cyclic esters (lactones) is 1. The predicted molar refractivity (Wildman–Crippen MR) is 59.3 cm³/mol. The van der Waals surface area contributed by atoms with Crippen molar-refractivity contribution in [3.8, 4) is 0 Å². The number of nitroso groups, excluding NO2 is 3. The Balaban J connectivity index is 2.88. The van der Waals surface area contributed by atoms with Gasteiger partial charge >= 0.3 is 11.9 Å². The van der Waals surface area contributed by atoms with Crippen LogP contribution in [0.25, 0.3) is 0 Å². The quantitative estimate of drug-likeness (QED) is 0.491. The van der Waals surface area contributed by atoms with Crippen LogP contribution in [0, 0.1) is 14.7 Å². The lowest BCUT2D eigenvalue weighted by Crippen LogP contribution is -2.31. The molecule has 0 saturated carbocycles. The lowest BCUT2D eigenvalue weighted by Gasteiger charge is -2.15. The minimum absolute atomic E-state index is 0.0752. The van der Waals surface area contributed by atoms with E-state index in [2.05, 4.69) is 25.0 Å². The van der Waals surface area contributed by atoms with Gasteiger partial charge in [-0.2, -0.15) is 4.91 Å². The van der Waals surface area contributed by atoms with Gasteiger partial charge in [0.2, 0.25) is 5.70 Å². The topological polar surface area (TPSA) is 141 Å². The van der Waals surface area contributed by atoms with Crippen molar-refractivity contribution >= 4 is 11.9 Å². The number of carbonyl (C=O) groups excluding carboxylic acids is 2. The molecular formula is C9H9N3O7. The maximum atomic E-state index is 11.2. The molecule has 0 spiro atoms. The van der Waals surface area contributed by atoms with Gasteiger partial charge in [0.1, 0.15) is 6.61 Å². The third-order valence-electron chi connectivity index (χ3n) is 2.32. The molecule has 2 atom stereocenters. The second kappa shape index (κ2) is 6.42. The molecule has 10 nitrogen and oxygen atoms in total. The third-order valence-corrected chi connectivity index (χ3v) is 2.32. The van der Waals surface area contributed by atoms with Crippen LogP contribution in [0.3, 0.4) is 0 Å². The van der Waals surface area contributed by atoms with Crippen LogP contribution in [0.15, 0.2) is 26.9 Å². The van der Waals surface area contributed by atoms with E-state index in [4.69, 9.17) is 0 Å². The summed E-state index contributed by atoms with van der Waals surface area (Å²) in [5, 5.41) is 7.34. The molecule has 0 aliphatic carbocycles. The van der Waals surface area contributed by atoms with E-state index in [9.17, 15) is 24.3 Å². The molecule has 10 heteroatoms. The van der Waals surface area contributed by atoms with E-state index in [1.54, 1.807) is 0 Å². The number of rotatable bonds is 7. The molecule has 1 rings (SSSR count). The first kappa shape index (κ1) is 14.5. The third kappa shape index (κ3) is 3.03. The van der Waals surface area contributed by atoms with Crippen LogP contribution < -0.4 is 0 Å². The van der Waals surface area contributed by atoms with Crippen molar-refractivity contribution in [1.29, 1.82) is 0 Å². The zero-order valence-electron chi connectivity index (χ0n) is 9.77. The molecular weight excluding hydrogens is 262 g/mol. The summed E-state index contributed by atoms with van der Waals surface area (Å²) in [6.45, 7) is 1.03. The first-order chi connectivity index (χ1) is 9.08. The maximum absolute atomic E-state index is 11.2. The van der Waals surface area contributed by atoms with E-state index >= 15 is 0 Å². The first-order valence-electron chi connectivity index (χ1n) is 5.18. The Labute approximate surface area is 106 Å². The van der Waals surface area contributed by atoms with Crippen molar-refractivity contribution in [2.45, 2.75) is 25.5 Å². The SMILES string of the molecule is CCC(=O)OCC(N=O)C1OC(=O)C(N=O)=C1N=O. The zero-order valence-corrected chi connectivity index (χ0v) is 9.77. The number of carbonyl (C=O) groups is 2. The van der Waals surface area contributed by atoms with Crippen LogP contribution in [0.4, 0.5) is 0 Å². The first-order valence-corrected chi connectivity index (χ1v) is 5.18. The summed E-state index contributed by atoms with van der Waals surface area (Å²) in [6.07, 6.45) is -1.40. The molecule has 0 N–H and O–H groups in total. The molecule has 2 unspecified atom stereocenters. The highest BCUT2D eigenvalue weighted by Gasteiger charge is 2.43. The average Bonchev–Trinajstić information content (AvgIpc) is 2.74. The lowest BCUT2D eigenvalue weighted by molar-refractivity contribution is -0.146. The molecule has 0 aromatic carbocycles. The van der Waals surface area contributed by atoms with Gasteiger partial charge in [0, 0.05) is 6.42 Å². The zero-order chi connectivity index (χ0) is 14.4. The number of esters is 2. The minimum Gasteiger partial charge on any atom is -0.463 e. The van der Waals surface area contributed by atoms with Crippen LogP contribution in [-0.4, -0.2) is 30.7 Å². The molecule has 0 radical (unpaired) electrons. The fourth-order valence-electron chi connectivity index (χ4n) is 1.36. The number of nitrogens with zero attached hydrogens (tertiary/aromatic N) is 3. The van der Waals surface area contributed by atoms with E-state index in [1.165, 1.54) is 6.92 Å². The second-order valence-electron chi connectivity index (χ2n) is 3.45. The number of hydrogen-bond donors (Lipinski definition) is 0. The number of hydrogen-bond acceptors (Lipinski definition) is 10. The van der Waals surface area contributed by atoms with Crippen LogP contribution in [0.1, 0.15) is 13.3 Å². The minimum atomic E-state index is -1.47. The smallest absolute Gasteiger partial charge is 0.363 e. The summed E-state index contributed by atoms with van der Waals surface area (Å²) in [6, 6.07) is -1.37. The maximum Gasteiger partial charge on any atom is 0.363 e. The molecule has 1 aliphatic rings. The van der Waals surface area contributed by atoms with Crippen molar-refractivity contribution in [1.82, 2.24) is 0 Å². The Morgan fingerprint density at radius 3 is 2.53 bits per heavy atom. The van der Waals surface area contributed by atoms with Gasteiger partial charge in [-0.05, 0) is 10.4 Å². The highest BCUT2D eigenvalue weighted by molar-refractivity contribution is 5.91. The highest BCUT2D eigenvalue weighted by atomic mass is 16.6. The molecule has 1 heterocycles. The molecule has 0 saturated heterocycles. The van der Waals surface area contributed by atoms with E-state index in [0.717, 1.165) is 0 Å². The fraction of sp³-hybridized carbons (Fsp3) is 0.556. The van der Waals surface area contributed by atoms with Gasteiger partial charge in [-0.1, -0.05) is 12.1 Å². The molecule has 102 valence electrons. The molecule has 0 bridgehead atoms. The van der Waals surface area contributed by atoms with Crippen molar-refractivity contribution in [2.24, 2.45) is 15.5 Å². The Hall–Kier alpha value is -2.52. The summed E-state index contributed by atoms with van der Waals surface area (Å²) in [5.74, 6) is -1.78. The van der Waals surface area contributed by atoms with E-state index in [-0.39, 0.29) is 6.42 Å². The van der Waals surface area contributed by atoms with Crippen LogP contribution in [-0.2, 0) is 19.1 Å². The highest BCUT2D eigenvalue weighted by Crippen LogP contribution is 2.28. The summed E-state index contributed by atoms with van der Waals surface area (Å²) in [5.41, 5.74) is -1.44. The molecule has 0 aromatic rings. The molecule has 1 aliphatic heterocycles.